The lowest BCUT2D eigenvalue weighted by Gasteiger charge is -2.18. The number of fused-ring (bicyclic) bond motifs is 1. The molecule has 4 heteroatoms. The number of rotatable bonds is 2. The molecule has 0 bridgehead atoms. The van der Waals surface area contributed by atoms with Crippen LogP contribution in [0, 0.1) is 5.82 Å². The van der Waals surface area contributed by atoms with E-state index in [1.165, 1.54) is 12.1 Å². The first-order valence-electron chi connectivity index (χ1n) is 6.25. The molecule has 1 unspecified atom stereocenters. The summed E-state index contributed by atoms with van der Waals surface area (Å²) in [5.74, 6) is 0.875. The minimum absolute atomic E-state index is 0.200. The van der Waals surface area contributed by atoms with E-state index in [-0.39, 0.29) is 11.9 Å². The van der Waals surface area contributed by atoms with Crippen molar-refractivity contribution in [2.75, 3.05) is 0 Å². The monoisotopic (exact) mass is 245 g/mol. The molecule has 0 saturated heterocycles. The average Bonchev–Trinajstić information content (AvgIpc) is 2.73. The Kier molecular flexibility index (Phi) is 2.88. The van der Waals surface area contributed by atoms with Crippen molar-refractivity contribution in [2.24, 2.45) is 5.73 Å². The highest BCUT2D eigenvalue weighted by Gasteiger charge is 2.17. The van der Waals surface area contributed by atoms with Crippen molar-refractivity contribution in [1.82, 2.24) is 9.55 Å². The van der Waals surface area contributed by atoms with Gasteiger partial charge < -0.3 is 10.3 Å². The highest BCUT2D eigenvalue weighted by atomic mass is 19.1. The molecular formula is C14H16FN3. The van der Waals surface area contributed by atoms with Crippen LogP contribution < -0.4 is 5.73 Å². The topological polar surface area (TPSA) is 43.8 Å². The van der Waals surface area contributed by atoms with Crippen LogP contribution in [-0.2, 0) is 19.4 Å². The molecule has 3 rings (SSSR count). The molecule has 1 aliphatic heterocycles. The number of nitrogens with zero attached hydrogens (tertiary/aromatic N) is 2. The standard InChI is InChI=1S/C14H16FN3/c15-11-3-1-10(2-4-11)7-13-9-18-6-5-12(16)8-14(18)17-13/h1-4,9,12H,5-8,16H2. The average molecular weight is 245 g/mol. The molecule has 1 aromatic carbocycles. The third kappa shape index (κ3) is 2.29. The maximum atomic E-state index is 12.8. The molecule has 1 aliphatic rings. The van der Waals surface area contributed by atoms with Crippen molar-refractivity contribution < 1.29 is 4.39 Å². The zero-order chi connectivity index (χ0) is 12.5. The Morgan fingerprint density at radius 1 is 1.33 bits per heavy atom. The molecule has 94 valence electrons. The summed E-state index contributed by atoms with van der Waals surface area (Å²) in [5, 5.41) is 0. The highest BCUT2D eigenvalue weighted by molar-refractivity contribution is 5.22. The van der Waals surface area contributed by atoms with Crippen molar-refractivity contribution in [1.29, 1.82) is 0 Å². The third-order valence-corrected chi connectivity index (χ3v) is 3.39. The van der Waals surface area contributed by atoms with Crippen molar-refractivity contribution in [3.63, 3.8) is 0 Å². The van der Waals surface area contributed by atoms with Gasteiger partial charge in [-0.25, -0.2) is 9.37 Å². The molecule has 0 spiro atoms. The predicted molar refractivity (Wildman–Crippen MR) is 67.7 cm³/mol. The summed E-state index contributed by atoms with van der Waals surface area (Å²) in [7, 11) is 0. The van der Waals surface area contributed by atoms with Crippen LogP contribution in [0.25, 0.3) is 0 Å². The van der Waals surface area contributed by atoms with Crippen LogP contribution in [0.1, 0.15) is 23.5 Å². The number of hydrogen-bond donors (Lipinski definition) is 1. The Balaban J connectivity index is 1.79. The highest BCUT2D eigenvalue weighted by Crippen LogP contribution is 2.16. The zero-order valence-corrected chi connectivity index (χ0v) is 10.1. The Morgan fingerprint density at radius 2 is 2.11 bits per heavy atom. The third-order valence-electron chi connectivity index (χ3n) is 3.39. The summed E-state index contributed by atoms with van der Waals surface area (Å²) >= 11 is 0. The van der Waals surface area contributed by atoms with Gasteiger partial charge in [0.15, 0.2) is 0 Å². The summed E-state index contributed by atoms with van der Waals surface area (Å²) in [6, 6.07) is 6.82. The number of hydrogen-bond acceptors (Lipinski definition) is 2. The van der Waals surface area contributed by atoms with Crippen molar-refractivity contribution in [3.05, 3.63) is 53.4 Å². The summed E-state index contributed by atoms with van der Waals surface area (Å²) in [5.41, 5.74) is 8.05. The molecule has 0 amide bonds. The van der Waals surface area contributed by atoms with Gasteiger partial charge in [-0.05, 0) is 24.1 Å². The minimum atomic E-state index is -0.200. The van der Waals surface area contributed by atoms with Gasteiger partial charge in [-0.3, -0.25) is 0 Å². The smallest absolute Gasteiger partial charge is 0.123 e. The van der Waals surface area contributed by atoms with Crippen LogP contribution in [0.15, 0.2) is 30.5 Å². The fourth-order valence-corrected chi connectivity index (χ4v) is 2.41. The van der Waals surface area contributed by atoms with Gasteiger partial charge in [0.25, 0.3) is 0 Å². The van der Waals surface area contributed by atoms with Gasteiger partial charge in [0.05, 0.1) is 5.69 Å². The van der Waals surface area contributed by atoms with Crippen LogP contribution in [0.3, 0.4) is 0 Å². The molecule has 18 heavy (non-hydrogen) atoms. The number of aryl methyl sites for hydroxylation is 1. The Labute approximate surface area is 105 Å². The number of halogens is 1. The van der Waals surface area contributed by atoms with Crippen LogP contribution in [-0.4, -0.2) is 15.6 Å². The van der Waals surface area contributed by atoms with Gasteiger partial charge in [0.2, 0.25) is 0 Å². The molecule has 2 N–H and O–H groups in total. The van der Waals surface area contributed by atoms with Crippen LogP contribution in [0.4, 0.5) is 4.39 Å². The molecule has 1 aromatic heterocycles. The molecule has 0 fully saturated rings. The van der Waals surface area contributed by atoms with E-state index < -0.39 is 0 Å². The Hall–Kier alpha value is -1.68. The van der Waals surface area contributed by atoms with E-state index in [0.717, 1.165) is 42.9 Å². The summed E-state index contributed by atoms with van der Waals surface area (Å²) in [6.45, 7) is 0.951. The zero-order valence-electron chi connectivity index (χ0n) is 10.1. The van der Waals surface area contributed by atoms with Crippen LogP contribution >= 0.6 is 0 Å². The molecular weight excluding hydrogens is 229 g/mol. The predicted octanol–water partition coefficient (Wildman–Crippen LogP) is 1.89. The van der Waals surface area contributed by atoms with E-state index in [9.17, 15) is 4.39 Å². The molecule has 0 aliphatic carbocycles. The lowest BCUT2D eigenvalue weighted by atomic mass is 10.1. The fourth-order valence-electron chi connectivity index (χ4n) is 2.41. The van der Waals surface area contributed by atoms with Gasteiger partial charge in [-0.1, -0.05) is 12.1 Å². The lowest BCUT2D eigenvalue weighted by Crippen LogP contribution is -2.30. The lowest BCUT2D eigenvalue weighted by molar-refractivity contribution is 0.463. The summed E-state index contributed by atoms with van der Waals surface area (Å²) < 4.78 is 15.0. The van der Waals surface area contributed by atoms with Gasteiger partial charge in [0, 0.05) is 31.6 Å². The molecule has 3 nitrogen and oxygen atoms in total. The van der Waals surface area contributed by atoms with Crippen molar-refractivity contribution in [3.8, 4) is 0 Å². The molecule has 1 atom stereocenters. The molecule has 2 heterocycles. The van der Waals surface area contributed by atoms with E-state index in [1.54, 1.807) is 12.1 Å². The summed E-state index contributed by atoms with van der Waals surface area (Å²) in [4.78, 5) is 4.61. The fraction of sp³-hybridized carbons (Fsp3) is 0.357. The second-order valence-corrected chi connectivity index (χ2v) is 4.90. The summed E-state index contributed by atoms with van der Waals surface area (Å²) in [6.07, 6.45) is 4.70. The first-order chi connectivity index (χ1) is 8.70. The van der Waals surface area contributed by atoms with Crippen molar-refractivity contribution >= 4 is 0 Å². The van der Waals surface area contributed by atoms with Crippen molar-refractivity contribution in [2.45, 2.75) is 31.8 Å². The van der Waals surface area contributed by atoms with Crippen LogP contribution in [0.2, 0.25) is 0 Å². The minimum Gasteiger partial charge on any atom is -0.335 e. The Bertz CT molecular complexity index is 545. The second-order valence-electron chi connectivity index (χ2n) is 4.90. The van der Waals surface area contributed by atoms with Gasteiger partial charge in [0.1, 0.15) is 11.6 Å². The normalized spacial score (nSPS) is 18.7. The molecule has 0 radical (unpaired) electrons. The first-order valence-corrected chi connectivity index (χ1v) is 6.25. The van der Waals surface area contributed by atoms with E-state index in [2.05, 4.69) is 15.7 Å². The van der Waals surface area contributed by atoms with E-state index in [4.69, 9.17) is 5.73 Å². The van der Waals surface area contributed by atoms with Gasteiger partial charge in [-0.15, -0.1) is 0 Å². The van der Waals surface area contributed by atoms with E-state index in [0.29, 0.717) is 0 Å². The van der Waals surface area contributed by atoms with Gasteiger partial charge >= 0.3 is 0 Å². The SMILES string of the molecule is NC1CCn2cc(Cc3ccc(F)cc3)nc2C1. The van der Waals surface area contributed by atoms with Gasteiger partial charge in [-0.2, -0.15) is 0 Å². The maximum Gasteiger partial charge on any atom is 0.123 e. The number of nitrogens with two attached hydrogens (primary N) is 1. The van der Waals surface area contributed by atoms with E-state index >= 15 is 0 Å². The maximum absolute atomic E-state index is 12.8. The quantitative estimate of drug-likeness (QED) is 0.878. The van der Waals surface area contributed by atoms with Crippen LogP contribution in [0.5, 0.6) is 0 Å². The second kappa shape index (κ2) is 4.53. The number of aromatic nitrogens is 2. The largest absolute Gasteiger partial charge is 0.335 e. The Morgan fingerprint density at radius 3 is 2.89 bits per heavy atom. The van der Waals surface area contributed by atoms with E-state index in [1.807, 2.05) is 0 Å². The first kappa shape index (κ1) is 11.4. The number of benzene rings is 1. The molecule has 2 aromatic rings. The number of imidazole rings is 1. The molecule has 0 saturated carbocycles.